The highest BCUT2D eigenvalue weighted by Gasteiger charge is 2.12. The zero-order valence-electron chi connectivity index (χ0n) is 16.6. The van der Waals surface area contributed by atoms with E-state index in [0.717, 1.165) is 11.3 Å². The average Bonchev–Trinajstić information content (AvgIpc) is 3.24. The van der Waals surface area contributed by atoms with Crippen molar-refractivity contribution in [3.05, 3.63) is 75.4 Å². The lowest BCUT2D eigenvalue weighted by Crippen LogP contribution is -2.30. The minimum absolute atomic E-state index is 0.145. The summed E-state index contributed by atoms with van der Waals surface area (Å²) in [6.07, 6.45) is 0. The molecule has 2 N–H and O–H groups in total. The Morgan fingerprint density at radius 1 is 1.07 bits per heavy atom. The van der Waals surface area contributed by atoms with Gasteiger partial charge in [0.15, 0.2) is 0 Å². The Kier molecular flexibility index (Phi) is 7.46. The van der Waals surface area contributed by atoms with Gasteiger partial charge in [-0.3, -0.25) is 14.5 Å². The SMILES string of the molecule is COc1ccc(Cl)cc1CN(C)CC(=O)Nc1ccc(NC(=O)c2cccs2)cc1. The number of amides is 2. The van der Waals surface area contributed by atoms with Crippen molar-refractivity contribution in [1.29, 1.82) is 0 Å². The smallest absolute Gasteiger partial charge is 0.265 e. The van der Waals surface area contributed by atoms with Gasteiger partial charge in [-0.05, 0) is 61.0 Å². The number of rotatable bonds is 8. The normalized spacial score (nSPS) is 10.7. The van der Waals surface area contributed by atoms with Crippen LogP contribution in [0.3, 0.4) is 0 Å². The molecular weight excluding hydrogens is 422 g/mol. The minimum Gasteiger partial charge on any atom is -0.496 e. The molecule has 3 rings (SSSR count). The molecule has 0 radical (unpaired) electrons. The Labute approximate surface area is 184 Å². The Morgan fingerprint density at radius 3 is 2.40 bits per heavy atom. The molecule has 0 saturated heterocycles. The topological polar surface area (TPSA) is 70.7 Å². The molecule has 1 aromatic heterocycles. The van der Waals surface area contributed by atoms with E-state index >= 15 is 0 Å². The summed E-state index contributed by atoms with van der Waals surface area (Å²) in [7, 11) is 3.45. The molecule has 0 saturated carbocycles. The number of thiophene rings is 1. The van der Waals surface area contributed by atoms with Crippen LogP contribution in [0.4, 0.5) is 11.4 Å². The molecule has 2 aromatic carbocycles. The molecule has 0 spiro atoms. The van der Waals surface area contributed by atoms with Crippen LogP contribution in [-0.2, 0) is 11.3 Å². The molecule has 0 aliphatic heterocycles. The molecule has 0 atom stereocenters. The number of ether oxygens (including phenoxy) is 1. The zero-order chi connectivity index (χ0) is 21.5. The number of nitrogens with zero attached hydrogens (tertiary/aromatic N) is 1. The number of benzene rings is 2. The van der Waals surface area contributed by atoms with Crippen molar-refractivity contribution in [3.8, 4) is 5.75 Å². The van der Waals surface area contributed by atoms with E-state index in [1.807, 2.05) is 35.5 Å². The number of anilines is 2. The van der Waals surface area contributed by atoms with E-state index in [-0.39, 0.29) is 18.4 Å². The first-order chi connectivity index (χ1) is 14.4. The molecular formula is C22H22ClN3O3S. The molecule has 0 unspecified atom stereocenters. The number of hydrogen-bond donors (Lipinski definition) is 2. The van der Waals surface area contributed by atoms with E-state index in [1.54, 1.807) is 43.5 Å². The molecule has 0 fully saturated rings. The number of methoxy groups -OCH3 is 1. The highest BCUT2D eigenvalue weighted by atomic mass is 35.5. The summed E-state index contributed by atoms with van der Waals surface area (Å²) in [5, 5.41) is 8.16. The quantitative estimate of drug-likeness (QED) is 0.528. The predicted molar refractivity (Wildman–Crippen MR) is 122 cm³/mol. The summed E-state index contributed by atoms with van der Waals surface area (Å²) < 4.78 is 5.35. The van der Waals surface area contributed by atoms with E-state index in [0.29, 0.717) is 27.8 Å². The summed E-state index contributed by atoms with van der Waals surface area (Å²) >= 11 is 7.45. The van der Waals surface area contributed by atoms with Crippen molar-refractivity contribution >= 4 is 46.1 Å². The minimum atomic E-state index is -0.153. The average molecular weight is 444 g/mol. The standard InChI is InChI=1S/C22H22ClN3O3S/c1-26(13-15-12-16(23)5-10-19(15)29-2)14-21(27)24-17-6-8-18(9-7-17)25-22(28)20-4-3-11-30-20/h3-12H,13-14H2,1-2H3,(H,24,27)(H,25,28). The molecule has 0 bridgehead atoms. The van der Waals surface area contributed by atoms with Crippen LogP contribution in [-0.4, -0.2) is 37.4 Å². The third-order valence-corrected chi connectivity index (χ3v) is 5.37. The van der Waals surface area contributed by atoms with Crippen molar-refractivity contribution < 1.29 is 14.3 Å². The monoisotopic (exact) mass is 443 g/mol. The molecule has 6 nitrogen and oxygen atoms in total. The van der Waals surface area contributed by atoms with Gasteiger partial charge in [-0.15, -0.1) is 11.3 Å². The fraction of sp³-hybridized carbons (Fsp3) is 0.182. The number of nitrogens with one attached hydrogen (secondary N) is 2. The van der Waals surface area contributed by atoms with E-state index in [1.165, 1.54) is 11.3 Å². The van der Waals surface area contributed by atoms with Crippen LogP contribution in [0, 0.1) is 0 Å². The van der Waals surface area contributed by atoms with Crippen molar-refractivity contribution in [2.75, 3.05) is 31.3 Å². The fourth-order valence-corrected chi connectivity index (χ4v) is 3.71. The van der Waals surface area contributed by atoms with Gasteiger partial charge in [0.25, 0.3) is 5.91 Å². The lowest BCUT2D eigenvalue weighted by molar-refractivity contribution is -0.117. The van der Waals surface area contributed by atoms with Crippen LogP contribution in [0.1, 0.15) is 15.2 Å². The van der Waals surface area contributed by atoms with Gasteiger partial charge in [0.05, 0.1) is 18.5 Å². The molecule has 0 aliphatic carbocycles. The van der Waals surface area contributed by atoms with E-state index in [9.17, 15) is 9.59 Å². The second-order valence-corrected chi connectivity index (χ2v) is 8.07. The molecule has 156 valence electrons. The Balaban J connectivity index is 1.52. The third kappa shape index (κ3) is 6.06. The molecule has 1 heterocycles. The second kappa shape index (κ2) is 10.2. The Morgan fingerprint density at radius 2 is 1.77 bits per heavy atom. The summed E-state index contributed by atoms with van der Waals surface area (Å²) in [4.78, 5) is 27.0. The summed E-state index contributed by atoms with van der Waals surface area (Å²) in [5.41, 5.74) is 2.23. The van der Waals surface area contributed by atoms with Gasteiger partial charge in [-0.2, -0.15) is 0 Å². The first-order valence-electron chi connectivity index (χ1n) is 9.20. The van der Waals surface area contributed by atoms with Gasteiger partial charge in [0, 0.05) is 28.5 Å². The van der Waals surface area contributed by atoms with E-state index < -0.39 is 0 Å². The van der Waals surface area contributed by atoms with Crippen molar-refractivity contribution in [2.45, 2.75) is 6.54 Å². The summed E-state index contributed by atoms with van der Waals surface area (Å²) in [6, 6.07) is 16.0. The highest BCUT2D eigenvalue weighted by Crippen LogP contribution is 2.23. The van der Waals surface area contributed by atoms with Gasteiger partial charge in [-0.25, -0.2) is 0 Å². The number of likely N-dealkylation sites (N-methyl/N-ethyl adjacent to an activating group) is 1. The third-order valence-electron chi connectivity index (χ3n) is 4.27. The number of carbonyl (C=O) groups is 2. The predicted octanol–water partition coefficient (Wildman–Crippen LogP) is 4.73. The van der Waals surface area contributed by atoms with Crippen LogP contribution in [0.15, 0.2) is 60.0 Å². The largest absolute Gasteiger partial charge is 0.496 e. The number of halogens is 1. The Bertz CT molecular complexity index is 1010. The van der Waals surface area contributed by atoms with Gasteiger partial charge in [0.1, 0.15) is 5.75 Å². The first kappa shape index (κ1) is 21.8. The molecule has 0 aliphatic rings. The van der Waals surface area contributed by atoms with Crippen molar-refractivity contribution in [2.24, 2.45) is 0 Å². The van der Waals surface area contributed by atoms with Crippen LogP contribution in [0.25, 0.3) is 0 Å². The number of hydrogen-bond acceptors (Lipinski definition) is 5. The molecule has 2 amide bonds. The lowest BCUT2D eigenvalue weighted by Gasteiger charge is -2.18. The second-order valence-electron chi connectivity index (χ2n) is 6.69. The fourth-order valence-electron chi connectivity index (χ4n) is 2.90. The van der Waals surface area contributed by atoms with Crippen LogP contribution in [0.2, 0.25) is 5.02 Å². The maximum atomic E-state index is 12.4. The number of carbonyl (C=O) groups excluding carboxylic acids is 2. The van der Waals surface area contributed by atoms with E-state index in [4.69, 9.17) is 16.3 Å². The molecule has 30 heavy (non-hydrogen) atoms. The summed E-state index contributed by atoms with van der Waals surface area (Å²) in [5.74, 6) is 0.431. The van der Waals surface area contributed by atoms with E-state index in [2.05, 4.69) is 10.6 Å². The maximum absolute atomic E-state index is 12.4. The first-order valence-corrected chi connectivity index (χ1v) is 10.5. The van der Waals surface area contributed by atoms with Crippen molar-refractivity contribution in [1.82, 2.24) is 4.90 Å². The van der Waals surface area contributed by atoms with Gasteiger partial charge in [-0.1, -0.05) is 17.7 Å². The maximum Gasteiger partial charge on any atom is 0.265 e. The van der Waals surface area contributed by atoms with Crippen LogP contribution in [0.5, 0.6) is 5.75 Å². The van der Waals surface area contributed by atoms with Crippen molar-refractivity contribution in [3.63, 3.8) is 0 Å². The highest BCUT2D eigenvalue weighted by molar-refractivity contribution is 7.12. The summed E-state index contributed by atoms with van der Waals surface area (Å²) in [6.45, 7) is 0.720. The zero-order valence-corrected chi connectivity index (χ0v) is 18.2. The van der Waals surface area contributed by atoms with Gasteiger partial charge in [0.2, 0.25) is 5.91 Å². The lowest BCUT2D eigenvalue weighted by atomic mass is 10.2. The van der Waals surface area contributed by atoms with Gasteiger partial charge >= 0.3 is 0 Å². The molecule has 8 heteroatoms. The molecule has 3 aromatic rings. The Hall–Kier alpha value is -2.87. The van der Waals surface area contributed by atoms with Crippen LogP contribution < -0.4 is 15.4 Å². The van der Waals surface area contributed by atoms with Crippen LogP contribution >= 0.6 is 22.9 Å². The van der Waals surface area contributed by atoms with Gasteiger partial charge < -0.3 is 15.4 Å².